The smallest absolute Gasteiger partial charge is 0.291 e. The van der Waals surface area contributed by atoms with Crippen molar-refractivity contribution in [2.75, 3.05) is 36.4 Å². The second-order valence-corrected chi connectivity index (χ2v) is 6.76. The van der Waals surface area contributed by atoms with Crippen molar-refractivity contribution >= 4 is 34.8 Å². The Hall–Kier alpha value is -3.19. The number of carbonyl (C=O) groups excluding carboxylic acids is 2. The molecule has 7 nitrogen and oxygen atoms in total. The Morgan fingerprint density at radius 1 is 0.929 bits per heavy atom. The van der Waals surface area contributed by atoms with Gasteiger partial charge in [0.15, 0.2) is 11.5 Å². The van der Waals surface area contributed by atoms with Crippen molar-refractivity contribution in [3.05, 3.63) is 71.5 Å². The zero-order chi connectivity index (χ0) is 19.5. The lowest BCUT2D eigenvalue weighted by molar-refractivity contribution is 0.0714. The van der Waals surface area contributed by atoms with Crippen molar-refractivity contribution in [3.63, 3.8) is 0 Å². The van der Waals surface area contributed by atoms with Crippen molar-refractivity contribution in [2.24, 2.45) is 0 Å². The maximum absolute atomic E-state index is 12.4. The highest BCUT2D eigenvalue weighted by Gasteiger charge is 2.24. The highest BCUT2D eigenvalue weighted by molar-refractivity contribution is 6.33. The number of benzene rings is 1. The third-order valence-corrected chi connectivity index (χ3v) is 4.89. The number of halogens is 1. The summed E-state index contributed by atoms with van der Waals surface area (Å²) in [6.45, 7) is 2.47. The number of carbonyl (C=O) groups is 2. The third kappa shape index (κ3) is 3.75. The van der Waals surface area contributed by atoms with Crippen LogP contribution in [0.3, 0.4) is 0 Å². The van der Waals surface area contributed by atoms with Crippen molar-refractivity contribution in [3.8, 4) is 0 Å². The average Bonchev–Trinajstić information content (AvgIpc) is 3.42. The number of nitrogens with one attached hydrogen (secondary N) is 1. The molecular formula is C20H18ClN3O4. The van der Waals surface area contributed by atoms with E-state index in [1.807, 2.05) is 6.07 Å². The number of hydrogen-bond donors (Lipinski definition) is 1. The van der Waals surface area contributed by atoms with Crippen molar-refractivity contribution in [1.29, 1.82) is 0 Å². The Bertz CT molecular complexity index is 962. The Morgan fingerprint density at radius 2 is 1.61 bits per heavy atom. The summed E-state index contributed by atoms with van der Waals surface area (Å²) in [6.07, 6.45) is 2.94. The summed E-state index contributed by atoms with van der Waals surface area (Å²) in [5.74, 6) is 0.145. The van der Waals surface area contributed by atoms with Gasteiger partial charge in [0, 0.05) is 31.9 Å². The molecule has 0 unspecified atom stereocenters. The summed E-state index contributed by atoms with van der Waals surface area (Å²) < 4.78 is 10.3. The number of hydrogen-bond acceptors (Lipinski definition) is 5. The van der Waals surface area contributed by atoms with E-state index in [1.165, 1.54) is 12.5 Å². The fourth-order valence-corrected chi connectivity index (χ4v) is 3.45. The van der Waals surface area contributed by atoms with Gasteiger partial charge in [0.2, 0.25) is 0 Å². The maximum Gasteiger partial charge on any atom is 0.291 e. The number of nitrogens with zero attached hydrogens (tertiary/aromatic N) is 2. The zero-order valence-electron chi connectivity index (χ0n) is 14.9. The van der Waals surface area contributed by atoms with Gasteiger partial charge in [-0.2, -0.15) is 0 Å². The van der Waals surface area contributed by atoms with Crippen LogP contribution >= 0.6 is 11.6 Å². The standard InChI is InChI=1S/C20H18ClN3O4/c21-15-13-14(22-19(25)17-3-1-11-27-17)5-6-16(15)23-7-9-24(10-8-23)20(26)18-4-2-12-28-18/h1-6,11-13H,7-10H2,(H,22,25). The molecule has 2 aromatic heterocycles. The normalized spacial score (nSPS) is 14.2. The fourth-order valence-electron chi connectivity index (χ4n) is 3.15. The molecule has 0 saturated carbocycles. The molecule has 1 N–H and O–H groups in total. The average molecular weight is 400 g/mol. The molecule has 2 amide bonds. The van der Waals surface area contributed by atoms with Crippen LogP contribution < -0.4 is 10.2 Å². The highest BCUT2D eigenvalue weighted by Crippen LogP contribution is 2.30. The lowest BCUT2D eigenvalue weighted by Gasteiger charge is -2.36. The molecule has 8 heteroatoms. The molecule has 144 valence electrons. The number of furan rings is 2. The number of anilines is 2. The Labute approximate surface area is 166 Å². The lowest BCUT2D eigenvalue weighted by Crippen LogP contribution is -2.48. The van der Waals surface area contributed by atoms with Crippen molar-refractivity contribution in [2.45, 2.75) is 0 Å². The van der Waals surface area contributed by atoms with E-state index in [-0.39, 0.29) is 17.6 Å². The molecule has 4 rings (SSSR count). The molecule has 1 saturated heterocycles. The van der Waals surface area contributed by atoms with Gasteiger partial charge in [0.05, 0.1) is 23.2 Å². The molecule has 1 aromatic carbocycles. The molecule has 0 bridgehead atoms. The van der Waals surface area contributed by atoms with Gasteiger partial charge in [-0.05, 0) is 42.5 Å². The number of amides is 2. The molecule has 0 spiro atoms. The van der Waals surface area contributed by atoms with E-state index in [0.29, 0.717) is 42.6 Å². The molecule has 3 heterocycles. The largest absolute Gasteiger partial charge is 0.459 e. The summed E-state index contributed by atoms with van der Waals surface area (Å²) in [5, 5.41) is 3.28. The molecule has 0 atom stereocenters. The highest BCUT2D eigenvalue weighted by atomic mass is 35.5. The summed E-state index contributed by atoms with van der Waals surface area (Å²) >= 11 is 6.44. The zero-order valence-corrected chi connectivity index (χ0v) is 15.7. The van der Waals surface area contributed by atoms with E-state index in [9.17, 15) is 9.59 Å². The van der Waals surface area contributed by atoms with Crippen LogP contribution in [0, 0.1) is 0 Å². The summed E-state index contributed by atoms with van der Waals surface area (Å²) in [4.78, 5) is 28.3. The van der Waals surface area contributed by atoms with E-state index in [1.54, 1.807) is 41.3 Å². The molecule has 28 heavy (non-hydrogen) atoms. The topological polar surface area (TPSA) is 78.9 Å². The second-order valence-electron chi connectivity index (χ2n) is 6.35. The summed E-state index contributed by atoms with van der Waals surface area (Å²) in [5.41, 5.74) is 1.45. The van der Waals surface area contributed by atoms with Crippen LogP contribution in [0.15, 0.2) is 63.8 Å². The van der Waals surface area contributed by atoms with Crippen molar-refractivity contribution in [1.82, 2.24) is 4.90 Å². The maximum atomic E-state index is 12.4. The molecule has 1 aliphatic heterocycles. The van der Waals surface area contributed by atoms with Crippen LogP contribution in [-0.4, -0.2) is 42.9 Å². The molecular weight excluding hydrogens is 382 g/mol. The fraction of sp³-hybridized carbons (Fsp3) is 0.200. The van der Waals surface area contributed by atoms with Crippen LogP contribution in [0.5, 0.6) is 0 Å². The SMILES string of the molecule is O=C(Nc1ccc(N2CCN(C(=O)c3ccco3)CC2)c(Cl)c1)c1ccco1. The van der Waals surface area contributed by atoms with Gasteiger partial charge in [0.1, 0.15) is 0 Å². The Balaban J connectivity index is 1.39. The lowest BCUT2D eigenvalue weighted by atomic mass is 10.2. The Kier molecular flexibility index (Phi) is 5.08. The monoisotopic (exact) mass is 399 g/mol. The van der Waals surface area contributed by atoms with Crippen LogP contribution in [0.25, 0.3) is 0 Å². The molecule has 1 fully saturated rings. The van der Waals surface area contributed by atoms with Gasteiger partial charge in [-0.15, -0.1) is 0 Å². The first-order valence-electron chi connectivity index (χ1n) is 8.84. The number of rotatable bonds is 4. The van der Waals surface area contributed by atoms with Crippen molar-refractivity contribution < 1.29 is 18.4 Å². The van der Waals surface area contributed by atoms with Gasteiger partial charge in [-0.3, -0.25) is 9.59 Å². The predicted octanol–water partition coefficient (Wildman–Crippen LogP) is 3.74. The van der Waals surface area contributed by atoms with Crippen LogP contribution in [0.1, 0.15) is 21.1 Å². The molecule has 0 aliphatic carbocycles. The van der Waals surface area contributed by atoms with Gasteiger partial charge >= 0.3 is 0 Å². The summed E-state index contributed by atoms with van der Waals surface area (Å²) in [6, 6.07) is 12.0. The molecule has 3 aromatic rings. The Morgan fingerprint density at radius 3 is 2.21 bits per heavy atom. The van der Waals surface area contributed by atoms with E-state index < -0.39 is 0 Å². The minimum Gasteiger partial charge on any atom is -0.459 e. The molecule has 0 radical (unpaired) electrons. The van der Waals surface area contributed by atoms with E-state index in [0.717, 1.165) is 5.69 Å². The minimum absolute atomic E-state index is 0.105. The van der Waals surface area contributed by atoms with Gasteiger partial charge in [-0.25, -0.2) is 0 Å². The van der Waals surface area contributed by atoms with Gasteiger partial charge in [-0.1, -0.05) is 11.6 Å². The van der Waals surface area contributed by atoms with E-state index in [2.05, 4.69) is 10.2 Å². The van der Waals surface area contributed by atoms with Crippen LogP contribution in [0.4, 0.5) is 11.4 Å². The van der Waals surface area contributed by atoms with E-state index in [4.69, 9.17) is 20.4 Å². The first-order chi connectivity index (χ1) is 13.6. The summed E-state index contributed by atoms with van der Waals surface area (Å²) in [7, 11) is 0. The van der Waals surface area contributed by atoms with Crippen LogP contribution in [0.2, 0.25) is 5.02 Å². The third-order valence-electron chi connectivity index (χ3n) is 4.59. The first-order valence-corrected chi connectivity index (χ1v) is 9.22. The first kappa shape index (κ1) is 18.2. The predicted molar refractivity (Wildman–Crippen MR) is 105 cm³/mol. The van der Waals surface area contributed by atoms with E-state index >= 15 is 0 Å². The van der Waals surface area contributed by atoms with Gasteiger partial charge < -0.3 is 24.0 Å². The number of piperazine rings is 1. The second kappa shape index (κ2) is 7.82. The molecule has 1 aliphatic rings. The minimum atomic E-state index is -0.334. The van der Waals surface area contributed by atoms with Gasteiger partial charge in [0.25, 0.3) is 11.8 Å². The quantitative estimate of drug-likeness (QED) is 0.723. The van der Waals surface area contributed by atoms with Crippen LogP contribution in [-0.2, 0) is 0 Å².